The van der Waals surface area contributed by atoms with Gasteiger partial charge in [-0.05, 0) is 36.7 Å². The number of benzene rings is 1. The van der Waals surface area contributed by atoms with Crippen molar-refractivity contribution in [2.75, 3.05) is 39.8 Å². The molecule has 0 aromatic heterocycles. The average molecular weight is 357 g/mol. The van der Waals surface area contributed by atoms with E-state index in [1.54, 1.807) is 7.11 Å². The van der Waals surface area contributed by atoms with Crippen molar-refractivity contribution >= 4 is 21.9 Å². The van der Waals surface area contributed by atoms with E-state index in [2.05, 4.69) is 20.8 Å². The van der Waals surface area contributed by atoms with Gasteiger partial charge in [0.2, 0.25) is 0 Å². The molecule has 0 atom stereocenters. The summed E-state index contributed by atoms with van der Waals surface area (Å²) >= 11 is 3.58. The fourth-order valence-corrected chi connectivity index (χ4v) is 2.94. The molecular formula is C15H21BrN2O3. The Bertz CT molecular complexity index is 496. The highest BCUT2D eigenvalue weighted by molar-refractivity contribution is 9.10. The van der Waals surface area contributed by atoms with Gasteiger partial charge in [0.1, 0.15) is 5.75 Å². The van der Waals surface area contributed by atoms with Crippen LogP contribution < -0.4 is 4.74 Å². The van der Waals surface area contributed by atoms with Crippen LogP contribution in [0, 0.1) is 0 Å². The van der Waals surface area contributed by atoms with Crippen molar-refractivity contribution in [3.8, 4) is 5.75 Å². The molecule has 0 aliphatic carbocycles. The first-order chi connectivity index (χ1) is 10.1. The van der Waals surface area contributed by atoms with Crippen molar-refractivity contribution in [3.05, 3.63) is 28.2 Å². The monoisotopic (exact) mass is 356 g/mol. The van der Waals surface area contributed by atoms with Crippen molar-refractivity contribution in [1.82, 2.24) is 9.80 Å². The molecule has 21 heavy (non-hydrogen) atoms. The molecule has 0 radical (unpaired) electrons. The van der Waals surface area contributed by atoms with Crippen LogP contribution in [0.1, 0.15) is 12.0 Å². The van der Waals surface area contributed by atoms with E-state index < -0.39 is 5.97 Å². The number of hydrogen-bond acceptors (Lipinski definition) is 4. The Morgan fingerprint density at radius 3 is 2.71 bits per heavy atom. The van der Waals surface area contributed by atoms with E-state index in [1.165, 1.54) is 5.56 Å². The summed E-state index contributed by atoms with van der Waals surface area (Å²) in [6.45, 7) is 4.50. The molecule has 1 N–H and O–H groups in total. The molecule has 0 amide bonds. The van der Waals surface area contributed by atoms with E-state index >= 15 is 0 Å². The Balaban J connectivity index is 1.95. The molecule has 1 aliphatic heterocycles. The van der Waals surface area contributed by atoms with Crippen LogP contribution in [0.3, 0.4) is 0 Å². The van der Waals surface area contributed by atoms with E-state index in [4.69, 9.17) is 9.84 Å². The molecule has 0 bridgehead atoms. The first-order valence-corrected chi connectivity index (χ1v) is 7.86. The van der Waals surface area contributed by atoms with Gasteiger partial charge in [-0.2, -0.15) is 0 Å². The second-order valence-corrected chi connectivity index (χ2v) is 6.11. The van der Waals surface area contributed by atoms with E-state index in [9.17, 15) is 4.79 Å². The molecule has 0 unspecified atom stereocenters. The number of halogens is 1. The van der Waals surface area contributed by atoms with Crippen LogP contribution in [0.15, 0.2) is 22.7 Å². The minimum atomic E-state index is -0.751. The van der Waals surface area contributed by atoms with E-state index in [1.807, 2.05) is 23.1 Å². The van der Waals surface area contributed by atoms with Gasteiger partial charge in [-0.3, -0.25) is 14.6 Å². The normalized spacial score (nSPS) is 17.4. The van der Waals surface area contributed by atoms with E-state index in [-0.39, 0.29) is 6.54 Å². The van der Waals surface area contributed by atoms with Crippen LogP contribution in [0.2, 0.25) is 0 Å². The Labute approximate surface area is 133 Å². The van der Waals surface area contributed by atoms with Crippen LogP contribution in [-0.4, -0.2) is 60.7 Å². The zero-order chi connectivity index (χ0) is 15.2. The maximum absolute atomic E-state index is 10.8. The number of aliphatic carboxylic acids is 1. The predicted molar refractivity (Wildman–Crippen MR) is 84.7 cm³/mol. The zero-order valence-corrected chi connectivity index (χ0v) is 13.8. The number of hydrogen-bond donors (Lipinski definition) is 1. The molecule has 1 aliphatic rings. The highest BCUT2D eigenvalue weighted by atomic mass is 79.9. The Morgan fingerprint density at radius 2 is 2.00 bits per heavy atom. The maximum atomic E-state index is 10.8. The quantitative estimate of drug-likeness (QED) is 0.874. The topological polar surface area (TPSA) is 53.0 Å². The van der Waals surface area contributed by atoms with Gasteiger partial charge in [0.05, 0.1) is 13.7 Å². The molecular weight excluding hydrogens is 336 g/mol. The van der Waals surface area contributed by atoms with Crippen LogP contribution in [0.4, 0.5) is 0 Å². The summed E-state index contributed by atoms with van der Waals surface area (Å²) in [6.07, 6.45) is 0.995. The van der Waals surface area contributed by atoms with Gasteiger partial charge in [-0.25, -0.2) is 0 Å². The number of ether oxygens (including phenoxy) is 1. The predicted octanol–water partition coefficient (Wildman–Crippen LogP) is 2.05. The highest BCUT2D eigenvalue weighted by Crippen LogP contribution is 2.24. The summed E-state index contributed by atoms with van der Waals surface area (Å²) in [5, 5.41) is 8.88. The molecule has 2 rings (SSSR count). The smallest absolute Gasteiger partial charge is 0.317 e. The molecule has 1 aromatic rings. The third kappa shape index (κ3) is 4.98. The van der Waals surface area contributed by atoms with Crippen LogP contribution >= 0.6 is 15.9 Å². The lowest BCUT2D eigenvalue weighted by molar-refractivity contribution is -0.138. The first kappa shape index (κ1) is 16.3. The fourth-order valence-electron chi connectivity index (χ4n) is 2.57. The van der Waals surface area contributed by atoms with Crippen LogP contribution in [-0.2, 0) is 11.3 Å². The molecule has 5 nitrogen and oxygen atoms in total. The largest absolute Gasteiger partial charge is 0.497 e. The summed E-state index contributed by atoms with van der Waals surface area (Å²) < 4.78 is 6.35. The SMILES string of the molecule is COc1ccc(Br)c(CN2CCCN(CC(=O)O)CC2)c1. The van der Waals surface area contributed by atoms with E-state index in [0.29, 0.717) is 0 Å². The third-order valence-electron chi connectivity index (χ3n) is 3.69. The number of carboxylic acids is 1. The summed E-state index contributed by atoms with van der Waals surface area (Å²) in [5.41, 5.74) is 1.20. The number of rotatable bonds is 5. The molecule has 1 aromatic carbocycles. The highest BCUT2D eigenvalue weighted by Gasteiger charge is 2.17. The standard InChI is InChI=1S/C15H21BrN2O3/c1-21-13-3-4-14(16)12(9-13)10-17-5-2-6-18(8-7-17)11-15(19)20/h3-4,9H,2,5-8,10-11H2,1H3,(H,19,20). The number of nitrogens with zero attached hydrogens (tertiary/aromatic N) is 2. The Kier molecular flexibility index (Phi) is 6.02. The Morgan fingerprint density at radius 1 is 1.29 bits per heavy atom. The minimum Gasteiger partial charge on any atom is -0.497 e. The summed E-state index contributed by atoms with van der Waals surface area (Å²) in [5.74, 6) is 0.106. The first-order valence-electron chi connectivity index (χ1n) is 7.07. The van der Waals surface area contributed by atoms with Crippen molar-refractivity contribution in [2.45, 2.75) is 13.0 Å². The summed E-state index contributed by atoms with van der Waals surface area (Å²) in [7, 11) is 1.67. The third-order valence-corrected chi connectivity index (χ3v) is 4.46. The van der Waals surface area contributed by atoms with Gasteiger partial charge in [0.25, 0.3) is 0 Å². The zero-order valence-electron chi connectivity index (χ0n) is 12.2. The minimum absolute atomic E-state index is 0.136. The van der Waals surface area contributed by atoms with Crippen molar-refractivity contribution in [2.24, 2.45) is 0 Å². The molecule has 1 heterocycles. The lowest BCUT2D eigenvalue weighted by Crippen LogP contribution is -2.34. The van der Waals surface area contributed by atoms with Crippen LogP contribution in [0.5, 0.6) is 5.75 Å². The fraction of sp³-hybridized carbons (Fsp3) is 0.533. The molecule has 1 fully saturated rings. The summed E-state index contributed by atoms with van der Waals surface area (Å²) in [6, 6.07) is 5.98. The maximum Gasteiger partial charge on any atom is 0.317 e. The van der Waals surface area contributed by atoms with Crippen LogP contribution in [0.25, 0.3) is 0 Å². The van der Waals surface area contributed by atoms with Gasteiger partial charge in [-0.1, -0.05) is 15.9 Å². The second kappa shape index (κ2) is 7.77. The molecule has 1 saturated heterocycles. The Hall–Kier alpha value is -1.11. The van der Waals surface area contributed by atoms with E-state index in [0.717, 1.165) is 49.4 Å². The number of methoxy groups -OCH3 is 1. The average Bonchev–Trinajstić information content (AvgIpc) is 2.66. The summed E-state index contributed by atoms with van der Waals surface area (Å²) in [4.78, 5) is 15.2. The lowest BCUT2D eigenvalue weighted by Gasteiger charge is -2.21. The lowest BCUT2D eigenvalue weighted by atomic mass is 10.2. The number of carboxylic acid groups (broad SMARTS) is 1. The van der Waals surface area contributed by atoms with Gasteiger partial charge >= 0.3 is 5.97 Å². The van der Waals surface area contributed by atoms with Crippen molar-refractivity contribution in [3.63, 3.8) is 0 Å². The van der Waals surface area contributed by atoms with Gasteiger partial charge in [0.15, 0.2) is 0 Å². The molecule has 0 spiro atoms. The number of carbonyl (C=O) groups is 1. The van der Waals surface area contributed by atoms with Gasteiger partial charge < -0.3 is 9.84 Å². The molecule has 0 saturated carbocycles. The van der Waals surface area contributed by atoms with Crippen molar-refractivity contribution in [1.29, 1.82) is 0 Å². The van der Waals surface area contributed by atoms with Gasteiger partial charge in [0, 0.05) is 30.7 Å². The van der Waals surface area contributed by atoms with Gasteiger partial charge in [-0.15, -0.1) is 0 Å². The second-order valence-electron chi connectivity index (χ2n) is 5.26. The molecule has 6 heteroatoms. The van der Waals surface area contributed by atoms with Crippen molar-refractivity contribution < 1.29 is 14.6 Å². The molecule has 116 valence electrons.